The van der Waals surface area contributed by atoms with Gasteiger partial charge < -0.3 is 19.6 Å². The molecule has 8 nitrogen and oxygen atoms in total. The number of carbonyl (C=O) groups is 2. The van der Waals surface area contributed by atoms with E-state index in [1.807, 2.05) is 0 Å². The lowest BCUT2D eigenvalue weighted by molar-refractivity contribution is -0.192. The highest BCUT2D eigenvalue weighted by molar-refractivity contribution is 7.17. The fraction of sp³-hybridized carbons (Fsp3) is 0.636. The lowest BCUT2D eigenvalue weighted by atomic mass is 9.87. The first-order chi connectivity index (χ1) is 16.2. The van der Waals surface area contributed by atoms with E-state index in [1.165, 1.54) is 4.70 Å². The number of carboxylic acids is 1. The van der Waals surface area contributed by atoms with Crippen molar-refractivity contribution in [2.24, 2.45) is 0 Å². The van der Waals surface area contributed by atoms with Gasteiger partial charge in [0.15, 0.2) is 0 Å². The zero-order valence-electron chi connectivity index (χ0n) is 18.6. The predicted molar refractivity (Wildman–Crippen MR) is 120 cm³/mol. The summed E-state index contributed by atoms with van der Waals surface area (Å²) in [4.78, 5) is 35.1. The SMILES string of the molecule is O=C(O)C(F)(F)F.O=C1CCC2(CCCN(c3ncnc4ccsc34)CC2)N1CC1CCCO1. The second kappa shape index (κ2) is 10.0. The number of carbonyl (C=O) groups excluding carboxylic acids is 1. The van der Waals surface area contributed by atoms with Crippen molar-refractivity contribution in [3.63, 3.8) is 0 Å². The number of ether oxygens (including phenoxy) is 1. The molecular formula is C22H27F3N4O4S. The largest absolute Gasteiger partial charge is 0.490 e. The Morgan fingerprint density at radius 2 is 2.03 bits per heavy atom. The van der Waals surface area contributed by atoms with Crippen molar-refractivity contribution in [1.82, 2.24) is 14.9 Å². The summed E-state index contributed by atoms with van der Waals surface area (Å²) in [7, 11) is 0. The standard InChI is InChI=1S/C20H26N4O2S.C2HF3O2/c25-17-4-7-20(24(17)13-15-3-1-11-26-15)6-2-9-23(10-8-20)19-18-16(5-12-27-18)21-14-22-19;3-2(4,5)1(6)7/h5,12,14-15H,1-4,6-11,13H2;(H,6,7). The molecule has 34 heavy (non-hydrogen) atoms. The van der Waals surface area contributed by atoms with Gasteiger partial charge in [0.2, 0.25) is 5.91 Å². The lowest BCUT2D eigenvalue weighted by Gasteiger charge is -2.39. The number of fused-ring (bicyclic) bond motifs is 1. The third-order valence-electron chi connectivity index (χ3n) is 6.77. The van der Waals surface area contributed by atoms with Crippen LogP contribution in [0, 0.1) is 0 Å². The average molecular weight is 501 g/mol. The summed E-state index contributed by atoms with van der Waals surface area (Å²) < 4.78 is 38.7. The van der Waals surface area contributed by atoms with E-state index >= 15 is 0 Å². The molecule has 2 unspecified atom stereocenters. The number of nitrogens with zero attached hydrogens (tertiary/aromatic N) is 4. The smallest absolute Gasteiger partial charge is 0.475 e. The van der Waals surface area contributed by atoms with Crippen molar-refractivity contribution >= 4 is 39.2 Å². The summed E-state index contributed by atoms with van der Waals surface area (Å²) >= 11 is 1.71. The summed E-state index contributed by atoms with van der Waals surface area (Å²) in [6.45, 7) is 3.56. The van der Waals surface area contributed by atoms with Gasteiger partial charge in [0, 0.05) is 38.2 Å². The van der Waals surface area contributed by atoms with Crippen LogP contribution in [-0.2, 0) is 14.3 Å². The van der Waals surface area contributed by atoms with E-state index in [2.05, 4.69) is 31.2 Å². The molecule has 3 aliphatic heterocycles. The van der Waals surface area contributed by atoms with Crippen LogP contribution >= 0.6 is 11.3 Å². The maximum atomic E-state index is 12.7. The molecule has 1 amide bonds. The molecule has 12 heteroatoms. The number of anilines is 1. The highest BCUT2D eigenvalue weighted by Gasteiger charge is 2.46. The number of likely N-dealkylation sites (tertiary alicyclic amines) is 1. The Bertz CT molecular complexity index is 1030. The van der Waals surface area contributed by atoms with Crippen LogP contribution < -0.4 is 4.90 Å². The summed E-state index contributed by atoms with van der Waals surface area (Å²) in [6, 6.07) is 2.06. The fourth-order valence-electron chi connectivity index (χ4n) is 5.07. The molecule has 0 aromatic carbocycles. The van der Waals surface area contributed by atoms with Gasteiger partial charge in [-0.2, -0.15) is 13.2 Å². The van der Waals surface area contributed by atoms with Crippen LogP contribution in [0.4, 0.5) is 19.0 Å². The molecule has 3 aliphatic rings. The maximum absolute atomic E-state index is 12.7. The number of amides is 1. The molecule has 186 valence electrons. The van der Waals surface area contributed by atoms with Crippen LogP contribution in [0.25, 0.3) is 10.2 Å². The molecule has 0 aliphatic carbocycles. The number of thiophene rings is 1. The summed E-state index contributed by atoms with van der Waals surface area (Å²) in [5.41, 5.74) is 1.04. The number of hydrogen-bond acceptors (Lipinski definition) is 7. The molecule has 5 rings (SSSR count). The van der Waals surface area contributed by atoms with Crippen LogP contribution in [0.3, 0.4) is 0 Å². The molecule has 2 aromatic heterocycles. The minimum atomic E-state index is -5.08. The van der Waals surface area contributed by atoms with Crippen molar-refractivity contribution in [2.45, 2.75) is 62.8 Å². The molecule has 3 saturated heterocycles. The Balaban J connectivity index is 0.000000344. The van der Waals surface area contributed by atoms with Gasteiger partial charge in [0.1, 0.15) is 12.1 Å². The van der Waals surface area contributed by atoms with Crippen molar-refractivity contribution in [1.29, 1.82) is 0 Å². The van der Waals surface area contributed by atoms with E-state index in [9.17, 15) is 18.0 Å². The van der Waals surface area contributed by atoms with Crippen LogP contribution in [0.15, 0.2) is 17.8 Å². The Morgan fingerprint density at radius 1 is 1.24 bits per heavy atom. The van der Waals surface area contributed by atoms with E-state index in [0.29, 0.717) is 12.3 Å². The minimum absolute atomic E-state index is 0.0133. The van der Waals surface area contributed by atoms with E-state index in [1.54, 1.807) is 17.7 Å². The number of aliphatic carboxylic acids is 1. The van der Waals surface area contributed by atoms with E-state index in [4.69, 9.17) is 14.6 Å². The monoisotopic (exact) mass is 500 g/mol. The molecule has 0 radical (unpaired) electrons. The van der Waals surface area contributed by atoms with Crippen LogP contribution in [0.1, 0.15) is 44.9 Å². The van der Waals surface area contributed by atoms with Gasteiger partial charge >= 0.3 is 12.1 Å². The number of aromatic nitrogens is 2. The zero-order valence-corrected chi connectivity index (χ0v) is 19.4. The average Bonchev–Trinajstić information content (AvgIpc) is 3.50. The minimum Gasteiger partial charge on any atom is -0.475 e. The first kappa shape index (κ1) is 24.6. The van der Waals surface area contributed by atoms with E-state index in [0.717, 1.165) is 76.1 Å². The van der Waals surface area contributed by atoms with Crippen LogP contribution in [0.2, 0.25) is 0 Å². The third kappa shape index (κ3) is 5.27. The summed E-state index contributed by atoms with van der Waals surface area (Å²) in [6.07, 6.45) is 3.90. The first-order valence-electron chi connectivity index (χ1n) is 11.3. The molecule has 0 bridgehead atoms. The first-order valence-corrected chi connectivity index (χ1v) is 12.2. The van der Waals surface area contributed by atoms with Gasteiger partial charge in [-0.25, -0.2) is 14.8 Å². The molecular weight excluding hydrogens is 473 g/mol. The molecule has 1 spiro atoms. The van der Waals surface area contributed by atoms with Crippen LogP contribution in [0.5, 0.6) is 0 Å². The van der Waals surface area contributed by atoms with Crippen molar-refractivity contribution in [3.8, 4) is 0 Å². The van der Waals surface area contributed by atoms with Gasteiger partial charge in [-0.05, 0) is 50.0 Å². The van der Waals surface area contributed by atoms with Gasteiger partial charge in [-0.3, -0.25) is 4.79 Å². The highest BCUT2D eigenvalue weighted by Crippen LogP contribution is 2.41. The predicted octanol–water partition coefficient (Wildman–Crippen LogP) is 3.86. The van der Waals surface area contributed by atoms with Crippen LogP contribution in [-0.4, -0.2) is 75.9 Å². The number of hydrogen-bond donors (Lipinski definition) is 1. The number of rotatable bonds is 3. The summed E-state index contributed by atoms with van der Waals surface area (Å²) in [5, 5.41) is 9.21. The highest BCUT2D eigenvalue weighted by atomic mass is 32.1. The van der Waals surface area contributed by atoms with E-state index in [-0.39, 0.29) is 11.6 Å². The second-order valence-electron chi connectivity index (χ2n) is 8.84. The van der Waals surface area contributed by atoms with Gasteiger partial charge in [0.05, 0.1) is 16.3 Å². The Labute approximate surface area is 198 Å². The van der Waals surface area contributed by atoms with Gasteiger partial charge in [-0.1, -0.05) is 0 Å². The normalized spacial score (nSPS) is 25.5. The zero-order chi connectivity index (χ0) is 24.3. The lowest BCUT2D eigenvalue weighted by Crippen LogP contribution is -2.49. The molecule has 2 aromatic rings. The topological polar surface area (TPSA) is 95.9 Å². The Hall–Kier alpha value is -2.47. The quantitative estimate of drug-likeness (QED) is 0.684. The second-order valence-corrected chi connectivity index (χ2v) is 9.76. The molecule has 2 atom stereocenters. The molecule has 3 fully saturated rings. The molecule has 5 heterocycles. The van der Waals surface area contributed by atoms with Crippen molar-refractivity contribution in [3.05, 3.63) is 17.8 Å². The number of carboxylic acid groups (broad SMARTS) is 1. The fourth-order valence-corrected chi connectivity index (χ4v) is 5.93. The maximum Gasteiger partial charge on any atom is 0.490 e. The number of halogens is 3. The van der Waals surface area contributed by atoms with E-state index < -0.39 is 12.1 Å². The van der Waals surface area contributed by atoms with Gasteiger partial charge in [-0.15, -0.1) is 11.3 Å². The van der Waals surface area contributed by atoms with Crippen molar-refractivity contribution < 1.29 is 32.6 Å². The Morgan fingerprint density at radius 3 is 2.74 bits per heavy atom. The molecule has 1 N–H and O–H groups in total. The van der Waals surface area contributed by atoms with Gasteiger partial charge in [0.25, 0.3) is 0 Å². The number of alkyl halides is 3. The van der Waals surface area contributed by atoms with Crippen molar-refractivity contribution in [2.75, 3.05) is 31.1 Å². The summed E-state index contributed by atoms with van der Waals surface area (Å²) in [5.74, 6) is -1.38. The Kier molecular flexibility index (Phi) is 7.27. The molecule has 0 saturated carbocycles. The third-order valence-corrected chi connectivity index (χ3v) is 7.67.